The van der Waals surface area contributed by atoms with Gasteiger partial charge < -0.3 is 39.8 Å². The number of fused-ring (bicyclic) bond motifs is 10. The topological polar surface area (TPSA) is 119 Å². The van der Waals surface area contributed by atoms with Crippen LogP contribution >= 0.6 is 0 Å². The molecule has 10 aromatic carbocycles. The lowest BCUT2D eigenvalue weighted by molar-refractivity contribution is -0.114. The molecule has 2 unspecified atom stereocenters. The lowest BCUT2D eigenvalue weighted by atomic mass is 9.68. The third-order valence-electron chi connectivity index (χ3n) is 18.5. The molecule has 2 heterocycles. The number of aliphatic hydroxyl groups excluding tert-OH is 2. The predicted octanol–water partition coefficient (Wildman–Crippen LogP) is 16.7. The number of hydrogen-bond donors (Lipinski definition) is 4. The van der Waals surface area contributed by atoms with Crippen LogP contribution in [0.5, 0.6) is 23.0 Å². The summed E-state index contributed by atoms with van der Waals surface area (Å²) in [7, 11) is 6.53. The average molecular weight is 1100 g/mol. The van der Waals surface area contributed by atoms with Crippen molar-refractivity contribution in [1.82, 2.24) is 0 Å². The number of Topliss-reactive ketones (excluding diaryl/α,β-unsaturated/α-hetero) is 1. The van der Waals surface area contributed by atoms with Crippen LogP contribution in [-0.4, -0.2) is 44.4 Å². The molecule has 0 spiro atoms. The van der Waals surface area contributed by atoms with E-state index in [0.717, 1.165) is 99.7 Å². The molecule has 0 saturated heterocycles. The Bertz CT molecular complexity index is 4590. The van der Waals surface area contributed by atoms with Gasteiger partial charge in [0.15, 0.2) is 28.8 Å². The maximum absolute atomic E-state index is 15.3. The van der Waals surface area contributed by atoms with Crippen molar-refractivity contribution in [3.63, 3.8) is 0 Å². The first kappa shape index (κ1) is 50.7. The van der Waals surface area contributed by atoms with E-state index in [1.165, 1.54) is 11.1 Å². The number of methoxy groups -OCH3 is 4. The summed E-state index contributed by atoms with van der Waals surface area (Å²) in [6, 6.07) is 67.6. The first-order valence-electron chi connectivity index (χ1n) is 28.5. The third kappa shape index (κ3) is 7.30. The number of benzene rings is 10. The molecule has 0 aromatic heterocycles. The van der Waals surface area contributed by atoms with E-state index in [4.69, 9.17) is 18.9 Å². The van der Waals surface area contributed by atoms with E-state index in [1.807, 2.05) is 36.4 Å². The fourth-order valence-electron chi connectivity index (χ4n) is 14.6. The van der Waals surface area contributed by atoms with Crippen LogP contribution in [0, 0.1) is 0 Å². The number of carbonyl (C=O) groups is 1. The average Bonchev–Trinajstić information content (AvgIpc) is 1.66. The van der Waals surface area contributed by atoms with Gasteiger partial charge in [-0.3, -0.25) is 4.79 Å². The largest absolute Gasteiger partial charge is 0.506 e. The Morgan fingerprint density at radius 3 is 1.23 bits per heavy atom. The number of aliphatic hydroxyl groups is 2. The highest BCUT2D eigenvalue weighted by Crippen LogP contribution is 2.62. The van der Waals surface area contributed by atoms with Crippen LogP contribution in [0.3, 0.4) is 0 Å². The van der Waals surface area contributed by atoms with Gasteiger partial charge in [-0.2, -0.15) is 0 Å². The SMILES string of the molecule is COc1ccc(C2(CCc3ccccc3)/C(=C/C3=C(O)C(/C=C4\Nc5c(cc6c7c(cccc57)-c5ccccc5-6)C4(CCc4ccccc4)c4ccc(OC)c(OC)c4)=C(O)C3=O)Nc3c2cc2c4c(cccc34)-c3ccccc3-2)cc1OC. The first-order valence-corrected chi connectivity index (χ1v) is 28.5. The molecule has 3 aliphatic carbocycles. The number of nitrogens with one attached hydrogen (secondary N) is 2. The molecule has 0 saturated carbocycles. The van der Waals surface area contributed by atoms with Crippen molar-refractivity contribution in [3.8, 4) is 67.5 Å². The van der Waals surface area contributed by atoms with Crippen LogP contribution in [0.2, 0.25) is 0 Å². The quantitative estimate of drug-likeness (QED) is 0.0844. The third-order valence-corrected chi connectivity index (χ3v) is 18.5. The van der Waals surface area contributed by atoms with Crippen LogP contribution in [0.1, 0.15) is 46.2 Å². The summed E-state index contributed by atoms with van der Waals surface area (Å²) in [5.74, 6) is 0.659. The second-order valence-electron chi connectivity index (χ2n) is 22.4. The minimum absolute atomic E-state index is 0.00859. The van der Waals surface area contributed by atoms with Gasteiger partial charge in [-0.1, -0.05) is 158 Å². The van der Waals surface area contributed by atoms with Crippen LogP contribution in [0.25, 0.3) is 66.1 Å². The van der Waals surface area contributed by atoms with Crippen molar-refractivity contribution < 1.29 is 34.0 Å². The second kappa shape index (κ2) is 19.5. The van der Waals surface area contributed by atoms with E-state index in [-0.39, 0.29) is 16.9 Å². The smallest absolute Gasteiger partial charge is 0.231 e. The molecule has 15 rings (SSSR count). The van der Waals surface area contributed by atoms with Crippen LogP contribution in [0.15, 0.2) is 240 Å². The zero-order chi connectivity index (χ0) is 57.0. The molecular weight excluding hydrogens is 1040 g/mol. The van der Waals surface area contributed by atoms with E-state index in [0.29, 0.717) is 60.1 Å². The van der Waals surface area contributed by atoms with Gasteiger partial charge in [-0.25, -0.2) is 0 Å². The second-order valence-corrected chi connectivity index (χ2v) is 22.4. The van der Waals surface area contributed by atoms with Crippen LogP contribution in [0.4, 0.5) is 11.4 Å². The number of carbonyl (C=O) groups excluding carboxylic acids is 1. The fourth-order valence-corrected chi connectivity index (χ4v) is 14.6. The lowest BCUT2D eigenvalue weighted by Gasteiger charge is -2.33. The highest BCUT2D eigenvalue weighted by Gasteiger charge is 2.50. The van der Waals surface area contributed by atoms with Gasteiger partial charge in [0, 0.05) is 22.2 Å². The van der Waals surface area contributed by atoms with Gasteiger partial charge in [0.25, 0.3) is 0 Å². The number of hydrogen-bond acceptors (Lipinski definition) is 9. The predicted molar refractivity (Wildman–Crippen MR) is 335 cm³/mol. The van der Waals surface area contributed by atoms with Crippen molar-refractivity contribution in [2.24, 2.45) is 0 Å². The number of allylic oxidation sites excluding steroid dienone is 5. The van der Waals surface area contributed by atoms with Gasteiger partial charge in [-0.05, 0) is 163 Å². The summed E-state index contributed by atoms with van der Waals surface area (Å²) >= 11 is 0. The Morgan fingerprint density at radius 2 is 0.798 bits per heavy atom. The Labute approximate surface area is 487 Å². The minimum Gasteiger partial charge on any atom is -0.506 e. The van der Waals surface area contributed by atoms with Gasteiger partial charge in [0.2, 0.25) is 5.78 Å². The molecule has 0 amide bonds. The minimum atomic E-state index is -0.983. The van der Waals surface area contributed by atoms with E-state index in [1.54, 1.807) is 40.6 Å². The number of anilines is 2. The molecule has 84 heavy (non-hydrogen) atoms. The van der Waals surface area contributed by atoms with Crippen molar-refractivity contribution >= 4 is 38.7 Å². The zero-order valence-electron chi connectivity index (χ0n) is 46.9. The van der Waals surface area contributed by atoms with Gasteiger partial charge in [0.1, 0.15) is 5.76 Å². The summed E-state index contributed by atoms with van der Waals surface area (Å²) in [5, 5.41) is 37.9. The van der Waals surface area contributed by atoms with Crippen molar-refractivity contribution in [1.29, 1.82) is 0 Å². The molecule has 5 aliphatic rings. The molecule has 4 N–H and O–H groups in total. The summed E-state index contributed by atoms with van der Waals surface area (Å²) in [4.78, 5) is 15.3. The highest BCUT2D eigenvalue weighted by atomic mass is 16.5. The van der Waals surface area contributed by atoms with Gasteiger partial charge in [0.05, 0.1) is 61.8 Å². The van der Waals surface area contributed by atoms with E-state index >= 15 is 4.79 Å². The molecule has 2 aliphatic heterocycles. The number of rotatable bonds is 14. The van der Waals surface area contributed by atoms with Crippen LogP contribution in [-0.2, 0) is 28.5 Å². The maximum atomic E-state index is 15.3. The van der Waals surface area contributed by atoms with Crippen molar-refractivity contribution in [2.45, 2.75) is 36.5 Å². The monoisotopic (exact) mass is 1100 g/mol. The molecule has 0 radical (unpaired) electrons. The molecule has 10 aromatic rings. The Balaban J connectivity index is 0.962. The Morgan fingerprint density at radius 1 is 0.405 bits per heavy atom. The summed E-state index contributed by atoms with van der Waals surface area (Å²) in [6.45, 7) is 0. The molecule has 0 fully saturated rings. The van der Waals surface area contributed by atoms with Gasteiger partial charge in [-0.15, -0.1) is 0 Å². The Kier molecular flexibility index (Phi) is 11.7. The standard InChI is InChI=1S/C75H58N2O7/c1-81-61-31-29-45(37-63(61)83-3)74(35-33-43-17-7-5-8-18-43)59-39-55-49-23-13-11-21-47(49)51-25-15-27-53(67(51)55)69(59)76-65(74)41-57-71(78)58(73(80)72(57)79)42-66-75(36-34-44-19-9-6-10-20-44,46-30-32-62(82-2)64(38-46)84-4)60-40-56-50-24-14-12-22-48(50)52-26-16-28-54(68(52)56)70(60)77-66/h5-32,37-42,76-78H,33-36H2,1-4H3,(H,79,80)/b65-41-,66-42-. The molecule has 9 heteroatoms. The van der Waals surface area contributed by atoms with Crippen molar-refractivity contribution in [2.75, 3.05) is 39.1 Å². The molecule has 0 bridgehead atoms. The lowest BCUT2D eigenvalue weighted by Crippen LogP contribution is -2.30. The number of ketones is 1. The summed E-state index contributed by atoms with van der Waals surface area (Å²) < 4.78 is 23.8. The molecular formula is C75H58N2O7. The zero-order valence-corrected chi connectivity index (χ0v) is 46.9. The van der Waals surface area contributed by atoms with Crippen molar-refractivity contribution in [3.05, 3.63) is 274 Å². The van der Waals surface area contributed by atoms with Crippen LogP contribution < -0.4 is 29.6 Å². The summed E-state index contributed by atoms with van der Waals surface area (Å²) in [6.07, 6.45) is 5.96. The van der Waals surface area contributed by atoms with E-state index < -0.39 is 22.4 Å². The molecule has 9 nitrogen and oxygen atoms in total. The van der Waals surface area contributed by atoms with Gasteiger partial charge >= 0.3 is 0 Å². The first-order chi connectivity index (χ1) is 41.2. The fraction of sp³-hybridized carbons (Fsp3) is 0.133. The van der Waals surface area contributed by atoms with E-state index in [2.05, 4.69) is 168 Å². The number of ether oxygens (including phenoxy) is 4. The molecule has 2 atom stereocenters. The molecule has 410 valence electrons. The Hall–Kier alpha value is -10.3. The number of aryl methyl sites for hydroxylation is 2. The maximum Gasteiger partial charge on any atom is 0.231 e. The summed E-state index contributed by atoms with van der Waals surface area (Å²) in [5.41, 5.74) is 16.4. The van der Waals surface area contributed by atoms with E-state index in [9.17, 15) is 10.2 Å². The normalized spacial score (nSPS) is 18.5. The highest BCUT2D eigenvalue weighted by molar-refractivity contribution is 6.22.